The lowest BCUT2D eigenvalue weighted by Gasteiger charge is -2.47. The van der Waals surface area contributed by atoms with Crippen LogP contribution in [0.15, 0.2) is 36.1 Å². The molecule has 1 spiro atoms. The molecule has 2 aromatic heterocycles. The first-order chi connectivity index (χ1) is 12.2. The predicted octanol–water partition coefficient (Wildman–Crippen LogP) is 2.05. The first-order valence-electron chi connectivity index (χ1n) is 8.68. The molecule has 4 rings (SSSR count). The summed E-state index contributed by atoms with van der Waals surface area (Å²) in [5, 5.41) is 3.18. The van der Waals surface area contributed by atoms with Gasteiger partial charge in [-0.05, 0) is 25.0 Å². The van der Waals surface area contributed by atoms with Crippen LogP contribution in [0.5, 0.6) is 0 Å². The third kappa shape index (κ3) is 3.73. The van der Waals surface area contributed by atoms with Crippen LogP contribution < -0.4 is 0 Å². The third-order valence-corrected chi connectivity index (χ3v) is 5.80. The summed E-state index contributed by atoms with van der Waals surface area (Å²) in [5.41, 5.74) is 0.537. The van der Waals surface area contributed by atoms with Crippen molar-refractivity contribution in [2.75, 3.05) is 32.8 Å². The SMILES string of the molecule is O=C(c1cccnc1)N1CCC2(CC1)CN(Cc1nccs1)CCO2. The smallest absolute Gasteiger partial charge is 0.255 e. The summed E-state index contributed by atoms with van der Waals surface area (Å²) in [5.74, 6) is 0.0680. The molecule has 25 heavy (non-hydrogen) atoms. The molecule has 0 unspecified atom stereocenters. The average Bonchev–Trinajstić information content (AvgIpc) is 3.16. The van der Waals surface area contributed by atoms with E-state index in [1.165, 1.54) is 0 Å². The van der Waals surface area contributed by atoms with Gasteiger partial charge in [0.15, 0.2) is 0 Å². The van der Waals surface area contributed by atoms with Crippen LogP contribution in [0.2, 0.25) is 0 Å². The normalized spacial score (nSPS) is 20.7. The number of pyridine rings is 1. The molecule has 0 aliphatic carbocycles. The number of hydrogen-bond donors (Lipinski definition) is 0. The van der Waals surface area contributed by atoms with E-state index in [-0.39, 0.29) is 11.5 Å². The van der Waals surface area contributed by atoms with Crippen molar-refractivity contribution < 1.29 is 9.53 Å². The highest BCUT2D eigenvalue weighted by atomic mass is 32.1. The van der Waals surface area contributed by atoms with Gasteiger partial charge in [0.25, 0.3) is 5.91 Å². The van der Waals surface area contributed by atoms with E-state index in [9.17, 15) is 4.79 Å². The number of rotatable bonds is 3. The largest absolute Gasteiger partial charge is 0.372 e. The Morgan fingerprint density at radius 3 is 2.88 bits per heavy atom. The molecular formula is C18H22N4O2S. The van der Waals surface area contributed by atoms with Crippen molar-refractivity contribution in [3.8, 4) is 0 Å². The second kappa shape index (κ2) is 7.19. The molecule has 0 saturated carbocycles. The molecule has 0 aromatic carbocycles. The summed E-state index contributed by atoms with van der Waals surface area (Å²) in [4.78, 5) is 25.4. The number of nitrogens with zero attached hydrogens (tertiary/aromatic N) is 4. The number of hydrogen-bond acceptors (Lipinski definition) is 6. The van der Waals surface area contributed by atoms with Crippen molar-refractivity contribution in [3.05, 3.63) is 46.7 Å². The fraction of sp³-hybridized carbons (Fsp3) is 0.500. The number of carbonyl (C=O) groups excluding carboxylic acids is 1. The van der Waals surface area contributed by atoms with Crippen LogP contribution in [-0.2, 0) is 11.3 Å². The summed E-state index contributed by atoms with van der Waals surface area (Å²) in [6.07, 6.45) is 6.95. The molecule has 2 aliphatic rings. The first kappa shape index (κ1) is 16.6. The molecule has 0 bridgehead atoms. The number of piperidine rings is 1. The number of likely N-dealkylation sites (tertiary alicyclic amines) is 1. The minimum Gasteiger partial charge on any atom is -0.372 e. The van der Waals surface area contributed by atoms with Gasteiger partial charge in [-0.3, -0.25) is 14.7 Å². The summed E-state index contributed by atoms with van der Waals surface area (Å²) < 4.78 is 6.18. The summed E-state index contributed by atoms with van der Waals surface area (Å²) >= 11 is 1.70. The lowest BCUT2D eigenvalue weighted by Crippen LogP contribution is -2.57. The molecule has 132 valence electrons. The highest BCUT2D eigenvalue weighted by Crippen LogP contribution is 2.31. The molecule has 0 atom stereocenters. The van der Waals surface area contributed by atoms with Gasteiger partial charge in [-0.25, -0.2) is 4.98 Å². The Labute approximate surface area is 151 Å². The molecule has 7 heteroatoms. The van der Waals surface area contributed by atoms with Crippen LogP contribution >= 0.6 is 11.3 Å². The Balaban J connectivity index is 1.36. The number of morpholine rings is 1. The second-order valence-corrected chi connectivity index (χ2v) is 7.68. The van der Waals surface area contributed by atoms with Gasteiger partial charge in [0.05, 0.1) is 24.3 Å². The second-order valence-electron chi connectivity index (χ2n) is 6.70. The van der Waals surface area contributed by atoms with Gasteiger partial charge >= 0.3 is 0 Å². The zero-order chi connectivity index (χ0) is 17.1. The Bertz CT molecular complexity index is 699. The highest BCUT2D eigenvalue weighted by molar-refractivity contribution is 7.09. The number of aromatic nitrogens is 2. The Morgan fingerprint density at radius 1 is 1.28 bits per heavy atom. The van der Waals surface area contributed by atoms with Crippen molar-refractivity contribution in [1.82, 2.24) is 19.8 Å². The van der Waals surface area contributed by atoms with E-state index in [1.54, 1.807) is 29.8 Å². The van der Waals surface area contributed by atoms with Gasteiger partial charge in [-0.2, -0.15) is 0 Å². The monoisotopic (exact) mass is 358 g/mol. The molecule has 2 fully saturated rings. The third-order valence-electron chi connectivity index (χ3n) is 5.04. The lowest BCUT2D eigenvalue weighted by molar-refractivity contribution is -0.134. The fourth-order valence-corrected chi connectivity index (χ4v) is 4.33. The minimum atomic E-state index is -0.124. The van der Waals surface area contributed by atoms with Gasteiger partial charge in [0, 0.05) is 50.1 Å². The van der Waals surface area contributed by atoms with Crippen molar-refractivity contribution in [1.29, 1.82) is 0 Å². The molecule has 0 radical (unpaired) electrons. The van der Waals surface area contributed by atoms with Gasteiger partial charge in [0.1, 0.15) is 5.01 Å². The van der Waals surface area contributed by atoms with Crippen LogP contribution in [0, 0.1) is 0 Å². The molecule has 4 heterocycles. The van der Waals surface area contributed by atoms with Crippen LogP contribution in [0.1, 0.15) is 28.2 Å². The molecule has 6 nitrogen and oxygen atoms in total. The number of carbonyl (C=O) groups is 1. The minimum absolute atomic E-state index is 0.0680. The van der Waals surface area contributed by atoms with E-state index in [4.69, 9.17) is 4.74 Å². The van der Waals surface area contributed by atoms with Gasteiger partial charge in [0.2, 0.25) is 0 Å². The molecule has 2 aliphatic heterocycles. The molecule has 1 amide bonds. The Kier molecular flexibility index (Phi) is 4.78. The quantitative estimate of drug-likeness (QED) is 0.840. The number of amides is 1. The van der Waals surface area contributed by atoms with Crippen molar-refractivity contribution in [2.24, 2.45) is 0 Å². The number of thiazole rings is 1. The van der Waals surface area contributed by atoms with Gasteiger partial charge < -0.3 is 9.64 Å². The first-order valence-corrected chi connectivity index (χ1v) is 9.56. The van der Waals surface area contributed by atoms with Crippen LogP contribution in [0.3, 0.4) is 0 Å². The zero-order valence-corrected chi connectivity index (χ0v) is 15.0. The van der Waals surface area contributed by atoms with E-state index >= 15 is 0 Å². The van der Waals surface area contributed by atoms with E-state index in [0.717, 1.165) is 57.2 Å². The summed E-state index contributed by atoms with van der Waals surface area (Å²) in [7, 11) is 0. The van der Waals surface area contributed by atoms with Crippen LogP contribution in [0.25, 0.3) is 0 Å². The summed E-state index contributed by atoms with van der Waals surface area (Å²) in [6.45, 7) is 4.97. The maximum absolute atomic E-state index is 12.6. The Morgan fingerprint density at radius 2 is 2.16 bits per heavy atom. The Hall–Kier alpha value is -1.83. The van der Waals surface area contributed by atoms with E-state index in [1.807, 2.05) is 22.5 Å². The van der Waals surface area contributed by atoms with Crippen LogP contribution in [0.4, 0.5) is 0 Å². The lowest BCUT2D eigenvalue weighted by atomic mass is 9.89. The van der Waals surface area contributed by atoms with Gasteiger partial charge in [-0.15, -0.1) is 11.3 Å². The average molecular weight is 358 g/mol. The van der Waals surface area contributed by atoms with Crippen molar-refractivity contribution in [2.45, 2.75) is 25.0 Å². The van der Waals surface area contributed by atoms with Crippen molar-refractivity contribution in [3.63, 3.8) is 0 Å². The van der Waals surface area contributed by atoms with Crippen molar-refractivity contribution >= 4 is 17.2 Å². The van der Waals surface area contributed by atoms with E-state index in [2.05, 4.69) is 14.9 Å². The summed E-state index contributed by atoms with van der Waals surface area (Å²) in [6, 6.07) is 3.63. The standard InChI is InChI=1S/C18H22N4O2S/c23-17(15-2-1-5-19-12-15)22-7-3-18(4-8-22)14-21(9-10-24-18)13-16-20-6-11-25-16/h1-2,5-6,11-12H,3-4,7-10,13-14H2. The van der Waals surface area contributed by atoms with Gasteiger partial charge in [-0.1, -0.05) is 0 Å². The van der Waals surface area contributed by atoms with E-state index < -0.39 is 0 Å². The molecule has 2 saturated heterocycles. The molecule has 0 N–H and O–H groups in total. The number of ether oxygens (including phenoxy) is 1. The maximum atomic E-state index is 12.6. The maximum Gasteiger partial charge on any atom is 0.255 e. The predicted molar refractivity (Wildman–Crippen MR) is 95.4 cm³/mol. The highest BCUT2D eigenvalue weighted by Gasteiger charge is 2.40. The van der Waals surface area contributed by atoms with E-state index in [0.29, 0.717) is 5.56 Å². The fourth-order valence-electron chi connectivity index (χ4n) is 3.67. The zero-order valence-electron chi connectivity index (χ0n) is 14.1. The van der Waals surface area contributed by atoms with Crippen LogP contribution in [-0.4, -0.2) is 64.1 Å². The topological polar surface area (TPSA) is 58.6 Å². The molecular weight excluding hydrogens is 336 g/mol. The molecule has 2 aromatic rings.